The number of hydrogen-bond donors (Lipinski definition) is 1. The van der Waals surface area contributed by atoms with E-state index in [9.17, 15) is 19.5 Å². The number of Topliss-reactive ketones (excluding diaryl/α,β-unsaturated/α-hetero) is 1. The lowest BCUT2D eigenvalue weighted by Crippen LogP contribution is -2.64. The predicted octanol–water partition coefficient (Wildman–Crippen LogP) is 5.46. The van der Waals surface area contributed by atoms with Crippen molar-refractivity contribution in [3.63, 3.8) is 0 Å². The number of carbonyl (C=O) groups is 3. The molecule has 3 fully saturated rings. The Labute approximate surface area is 216 Å². The number of methoxy groups -OCH3 is 1. The molecular formula is C31H44O5. The summed E-state index contributed by atoms with van der Waals surface area (Å²) in [5.41, 5.74) is 0.610. The molecule has 0 aliphatic heterocycles. The van der Waals surface area contributed by atoms with E-state index in [-0.39, 0.29) is 58.1 Å². The van der Waals surface area contributed by atoms with Crippen molar-refractivity contribution in [2.24, 2.45) is 50.7 Å². The summed E-state index contributed by atoms with van der Waals surface area (Å²) in [6, 6.07) is 0. The van der Waals surface area contributed by atoms with E-state index in [0.717, 1.165) is 56.1 Å². The molecule has 0 radical (unpaired) electrons. The maximum Gasteiger partial charge on any atom is 0.312 e. The van der Waals surface area contributed by atoms with Crippen molar-refractivity contribution in [2.75, 3.05) is 13.7 Å². The van der Waals surface area contributed by atoms with Gasteiger partial charge in [-0.05, 0) is 90.2 Å². The van der Waals surface area contributed by atoms with E-state index in [2.05, 4.69) is 27.7 Å². The van der Waals surface area contributed by atoms with Gasteiger partial charge in [-0.15, -0.1) is 0 Å². The number of hydrogen-bond acceptors (Lipinski definition) is 5. The zero-order valence-electron chi connectivity index (χ0n) is 23.2. The van der Waals surface area contributed by atoms with Gasteiger partial charge in [0, 0.05) is 11.3 Å². The van der Waals surface area contributed by atoms with E-state index in [0.29, 0.717) is 0 Å². The molecule has 5 aliphatic carbocycles. The zero-order chi connectivity index (χ0) is 26.5. The molecule has 5 aliphatic rings. The predicted molar refractivity (Wildman–Crippen MR) is 138 cm³/mol. The second kappa shape index (κ2) is 7.88. The number of rotatable bonds is 2. The Hall–Kier alpha value is -1.75. The molecule has 1 N–H and O–H groups in total. The minimum absolute atomic E-state index is 0.0316. The van der Waals surface area contributed by atoms with Gasteiger partial charge in [0.2, 0.25) is 0 Å². The molecule has 0 spiro atoms. The maximum absolute atomic E-state index is 14.2. The van der Waals surface area contributed by atoms with Gasteiger partial charge < -0.3 is 9.84 Å². The fourth-order valence-electron chi connectivity index (χ4n) is 9.49. The number of allylic oxidation sites excluding steroid dienone is 3. The Morgan fingerprint density at radius 1 is 1.03 bits per heavy atom. The number of aliphatic hydroxyl groups excluding tert-OH is 1. The van der Waals surface area contributed by atoms with E-state index in [1.54, 1.807) is 0 Å². The van der Waals surface area contributed by atoms with Gasteiger partial charge in [0.15, 0.2) is 5.78 Å². The first kappa shape index (κ1) is 25.9. The first-order valence-electron chi connectivity index (χ1n) is 13.9. The van der Waals surface area contributed by atoms with Crippen LogP contribution in [0, 0.1) is 50.7 Å². The van der Waals surface area contributed by atoms with Crippen molar-refractivity contribution in [1.29, 1.82) is 0 Å². The van der Waals surface area contributed by atoms with Crippen LogP contribution in [0.1, 0.15) is 86.5 Å². The first-order valence-corrected chi connectivity index (χ1v) is 13.9. The fraction of sp³-hybridized carbons (Fsp3) is 0.774. The number of ketones is 2. The molecule has 36 heavy (non-hydrogen) atoms. The van der Waals surface area contributed by atoms with Crippen molar-refractivity contribution < 1.29 is 24.2 Å². The monoisotopic (exact) mass is 496 g/mol. The third-order valence-corrected chi connectivity index (χ3v) is 12.0. The minimum atomic E-state index is -0.580. The summed E-state index contributed by atoms with van der Waals surface area (Å²) in [6.07, 6.45) is 9.85. The van der Waals surface area contributed by atoms with Crippen LogP contribution in [0.15, 0.2) is 23.3 Å². The maximum atomic E-state index is 14.2. The van der Waals surface area contributed by atoms with Gasteiger partial charge in [-0.3, -0.25) is 14.4 Å². The van der Waals surface area contributed by atoms with Gasteiger partial charge >= 0.3 is 5.97 Å². The van der Waals surface area contributed by atoms with E-state index >= 15 is 0 Å². The molecule has 3 saturated carbocycles. The second-order valence-corrected chi connectivity index (χ2v) is 14.4. The van der Waals surface area contributed by atoms with Crippen molar-refractivity contribution in [3.8, 4) is 0 Å². The summed E-state index contributed by atoms with van der Waals surface area (Å²) in [5.74, 6) is -0.614. The van der Waals surface area contributed by atoms with Crippen LogP contribution in [-0.2, 0) is 19.1 Å². The average molecular weight is 497 g/mol. The average Bonchev–Trinajstić information content (AvgIpc) is 2.81. The van der Waals surface area contributed by atoms with Gasteiger partial charge in [0.1, 0.15) is 5.78 Å². The number of ether oxygens (including phenoxy) is 1. The molecule has 5 rings (SSSR count). The molecule has 5 heteroatoms. The van der Waals surface area contributed by atoms with Crippen LogP contribution in [0.3, 0.4) is 0 Å². The highest BCUT2D eigenvalue weighted by atomic mass is 16.5. The normalized spacial score (nSPS) is 44.8. The molecule has 198 valence electrons. The molecule has 5 unspecified atom stereocenters. The minimum Gasteiger partial charge on any atom is -0.469 e. The lowest BCUT2D eigenvalue weighted by molar-refractivity contribution is -0.188. The number of esters is 1. The summed E-state index contributed by atoms with van der Waals surface area (Å²) < 4.78 is 5.40. The Morgan fingerprint density at radius 3 is 2.33 bits per heavy atom. The number of fused-ring (bicyclic) bond motifs is 7. The molecule has 0 heterocycles. The van der Waals surface area contributed by atoms with Crippen LogP contribution in [0.5, 0.6) is 0 Å². The van der Waals surface area contributed by atoms with Gasteiger partial charge in [-0.1, -0.05) is 47.6 Å². The number of carbonyl (C=O) groups excluding carboxylic acids is 3. The summed E-state index contributed by atoms with van der Waals surface area (Å²) >= 11 is 0. The van der Waals surface area contributed by atoms with Crippen molar-refractivity contribution >= 4 is 17.5 Å². The largest absolute Gasteiger partial charge is 0.469 e. The topological polar surface area (TPSA) is 80.7 Å². The van der Waals surface area contributed by atoms with Gasteiger partial charge in [-0.2, -0.15) is 0 Å². The highest BCUT2D eigenvalue weighted by Crippen LogP contribution is 2.72. The van der Waals surface area contributed by atoms with Crippen LogP contribution in [0.4, 0.5) is 0 Å². The lowest BCUT2D eigenvalue weighted by atomic mass is 9.36. The van der Waals surface area contributed by atoms with Gasteiger partial charge in [0.25, 0.3) is 0 Å². The fourth-order valence-corrected chi connectivity index (χ4v) is 9.49. The third kappa shape index (κ3) is 3.13. The van der Waals surface area contributed by atoms with Crippen molar-refractivity contribution in [2.45, 2.75) is 86.5 Å². The Bertz CT molecular complexity index is 1080. The molecule has 0 aromatic rings. The van der Waals surface area contributed by atoms with E-state index in [1.807, 2.05) is 26.0 Å². The van der Waals surface area contributed by atoms with Crippen LogP contribution in [-0.4, -0.2) is 36.4 Å². The standard InChI is InChI=1S/C31H44O5/c1-27(2)10-12-31(26(35)36-7)13-11-30(6)24(22(31)16-27)23(33)15-21-19-14-18(17-32)25(34)28(3,4)20(19)8-9-29(21,30)5/h14-15,18,20,22,24,32H,8-13,16-17H2,1-7H3/t18?,20?,22?,24?,29-,30-,31?/m1/s1. The van der Waals surface area contributed by atoms with Crippen molar-refractivity contribution in [3.05, 3.63) is 23.3 Å². The molecule has 0 amide bonds. The summed E-state index contributed by atoms with van der Waals surface area (Å²) in [6.45, 7) is 13.0. The molecule has 0 aromatic carbocycles. The van der Waals surface area contributed by atoms with E-state index < -0.39 is 16.7 Å². The lowest BCUT2D eigenvalue weighted by Gasteiger charge is -2.66. The molecular weight excluding hydrogens is 452 g/mol. The molecule has 0 bridgehead atoms. The highest BCUT2D eigenvalue weighted by Gasteiger charge is 2.69. The summed E-state index contributed by atoms with van der Waals surface area (Å²) in [5, 5.41) is 10.0. The second-order valence-electron chi connectivity index (χ2n) is 14.4. The van der Waals surface area contributed by atoms with Crippen LogP contribution >= 0.6 is 0 Å². The van der Waals surface area contributed by atoms with Crippen LogP contribution in [0.25, 0.3) is 0 Å². The Morgan fingerprint density at radius 2 is 1.69 bits per heavy atom. The Kier molecular flexibility index (Phi) is 5.66. The smallest absolute Gasteiger partial charge is 0.312 e. The van der Waals surface area contributed by atoms with Gasteiger partial charge in [0.05, 0.1) is 25.0 Å². The van der Waals surface area contributed by atoms with E-state index in [4.69, 9.17) is 4.74 Å². The quantitative estimate of drug-likeness (QED) is 0.514. The summed E-state index contributed by atoms with van der Waals surface area (Å²) in [4.78, 5) is 40.7. The first-order chi connectivity index (χ1) is 16.7. The molecule has 5 nitrogen and oxygen atoms in total. The van der Waals surface area contributed by atoms with Crippen LogP contribution < -0.4 is 0 Å². The highest BCUT2D eigenvalue weighted by molar-refractivity contribution is 5.98. The Balaban J connectivity index is 1.66. The molecule has 0 aromatic heterocycles. The zero-order valence-corrected chi connectivity index (χ0v) is 23.2. The van der Waals surface area contributed by atoms with Crippen molar-refractivity contribution in [1.82, 2.24) is 0 Å². The number of aliphatic hydroxyl groups is 1. The van der Waals surface area contributed by atoms with E-state index in [1.165, 1.54) is 7.11 Å². The third-order valence-electron chi connectivity index (χ3n) is 12.0. The summed E-state index contributed by atoms with van der Waals surface area (Å²) in [7, 11) is 1.49. The molecule has 0 saturated heterocycles. The SMILES string of the molecule is COC(=O)C12CCC(C)(C)CC1C1C(=O)C=C3C4=CC(CO)C(=O)C(C)(C)C4CC[C@@]3(C)[C@]1(C)CC2. The van der Waals surface area contributed by atoms with Gasteiger partial charge in [-0.25, -0.2) is 0 Å². The molecule has 7 atom stereocenters. The van der Waals surface area contributed by atoms with Crippen LogP contribution in [0.2, 0.25) is 0 Å².